The van der Waals surface area contributed by atoms with E-state index in [0.29, 0.717) is 19.7 Å². The summed E-state index contributed by atoms with van der Waals surface area (Å²) in [5, 5.41) is 2.23. The fraction of sp³-hybridized carbons (Fsp3) is 0.619. The molecule has 1 aromatic rings. The summed E-state index contributed by atoms with van der Waals surface area (Å²) < 4.78 is 10.8. The highest BCUT2D eigenvalue weighted by Crippen LogP contribution is 2.20. The number of esters is 1. The average Bonchev–Trinajstić information content (AvgIpc) is 2.61. The van der Waals surface area contributed by atoms with Gasteiger partial charge in [0.25, 0.3) is 0 Å². The number of nitrogens with zero attached hydrogens (tertiary/aromatic N) is 1. The fourth-order valence-electron chi connectivity index (χ4n) is 3.43. The Bertz CT molecular complexity index is 633. The highest BCUT2D eigenvalue weighted by Gasteiger charge is 2.41. The summed E-state index contributed by atoms with van der Waals surface area (Å²) in [6.07, 6.45) is 0.353. The highest BCUT2D eigenvalue weighted by molar-refractivity contribution is 5.75. The molecule has 1 fully saturated rings. The number of carbonyl (C=O) groups excluding carboxylic acids is 2. The molecule has 0 spiro atoms. The maximum atomic E-state index is 12.6. The van der Waals surface area contributed by atoms with Crippen molar-refractivity contribution in [1.82, 2.24) is 4.90 Å². The molecule has 1 aliphatic rings. The molecule has 7 heteroatoms. The Hall–Kier alpha value is -1.79. The third-order valence-electron chi connectivity index (χ3n) is 4.77. The van der Waals surface area contributed by atoms with Crippen LogP contribution in [0.4, 0.5) is 4.79 Å². The Labute approximate surface area is 174 Å². The van der Waals surface area contributed by atoms with Crippen LogP contribution in [0, 0.1) is 5.92 Å². The smallest absolute Gasteiger partial charge is 0.410 e. The van der Waals surface area contributed by atoms with Gasteiger partial charge in [-0.2, -0.15) is 0 Å². The molecule has 1 aliphatic heterocycles. The number of ether oxygens (including phenoxy) is 2. The molecule has 3 atom stereocenters. The minimum atomic E-state index is -0.554. The summed E-state index contributed by atoms with van der Waals surface area (Å²) >= 11 is 0. The number of likely N-dealkylation sites (tertiary alicyclic amines) is 1. The summed E-state index contributed by atoms with van der Waals surface area (Å²) in [5.74, 6) is -0.607. The summed E-state index contributed by atoms with van der Waals surface area (Å²) in [6.45, 7) is 10.7. The number of nitrogens with two attached hydrogens (primary N) is 1. The molecule has 1 aromatic carbocycles. The number of rotatable bonds is 5. The largest absolute Gasteiger partial charge is 1.00 e. The van der Waals surface area contributed by atoms with Crippen LogP contribution in [0.3, 0.4) is 0 Å². The number of piperidine rings is 1. The number of halogens is 1. The zero-order valence-electron chi connectivity index (χ0n) is 17.5. The van der Waals surface area contributed by atoms with Crippen LogP contribution in [-0.2, 0) is 14.3 Å². The van der Waals surface area contributed by atoms with Crippen LogP contribution in [0.5, 0.6) is 0 Å². The first-order valence-electron chi connectivity index (χ1n) is 9.75. The van der Waals surface area contributed by atoms with E-state index in [1.807, 2.05) is 39.0 Å². The van der Waals surface area contributed by atoms with Gasteiger partial charge in [-0.05, 0) is 34.6 Å². The van der Waals surface area contributed by atoms with Crippen molar-refractivity contribution in [2.75, 3.05) is 19.7 Å². The van der Waals surface area contributed by atoms with E-state index in [-0.39, 0.29) is 42.5 Å². The van der Waals surface area contributed by atoms with Gasteiger partial charge in [-0.1, -0.05) is 30.3 Å². The summed E-state index contributed by atoms with van der Waals surface area (Å²) in [6, 6.07) is 10.5. The minimum Gasteiger partial charge on any atom is -1.00 e. The van der Waals surface area contributed by atoms with Crippen LogP contribution >= 0.6 is 0 Å². The van der Waals surface area contributed by atoms with Crippen molar-refractivity contribution in [3.63, 3.8) is 0 Å². The van der Waals surface area contributed by atoms with Crippen LogP contribution in [0.25, 0.3) is 0 Å². The van der Waals surface area contributed by atoms with Crippen LogP contribution in [-0.4, -0.2) is 48.3 Å². The highest BCUT2D eigenvalue weighted by atomic mass is 35.5. The average molecular weight is 413 g/mol. The van der Waals surface area contributed by atoms with Crippen molar-refractivity contribution >= 4 is 12.1 Å². The Morgan fingerprint density at radius 3 is 2.46 bits per heavy atom. The molecule has 2 N–H and O–H groups in total. The topological polar surface area (TPSA) is 72.5 Å². The maximum absolute atomic E-state index is 12.6. The van der Waals surface area contributed by atoms with Gasteiger partial charge in [0.15, 0.2) is 0 Å². The van der Waals surface area contributed by atoms with E-state index in [1.54, 1.807) is 11.8 Å². The Morgan fingerprint density at radius 1 is 1.25 bits per heavy atom. The van der Waals surface area contributed by atoms with E-state index in [2.05, 4.69) is 24.4 Å². The van der Waals surface area contributed by atoms with Crippen molar-refractivity contribution < 1.29 is 36.8 Å². The Morgan fingerprint density at radius 2 is 1.89 bits per heavy atom. The quantitative estimate of drug-likeness (QED) is 0.662. The van der Waals surface area contributed by atoms with Gasteiger partial charge in [0.05, 0.1) is 6.61 Å². The molecule has 2 rings (SSSR count). The van der Waals surface area contributed by atoms with E-state index >= 15 is 0 Å². The summed E-state index contributed by atoms with van der Waals surface area (Å²) in [4.78, 5) is 26.6. The van der Waals surface area contributed by atoms with Gasteiger partial charge in [0.2, 0.25) is 0 Å². The summed E-state index contributed by atoms with van der Waals surface area (Å²) in [5.41, 5.74) is 0.663. The second kappa shape index (κ2) is 10.7. The minimum absolute atomic E-state index is 0. The normalized spacial score (nSPS) is 20.7. The van der Waals surface area contributed by atoms with E-state index < -0.39 is 5.60 Å². The number of hydrogen-bond acceptors (Lipinski definition) is 4. The molecular formula is C21H33ClN2O4. The number of amides is 1. The third-order valence-corrected chi connectivity index (χ3v) is 4.77. The fourth-order valence-corrected chi connectivity index (χ4v) is 3.43. The number of quaternary nitrogens is 1. The number of hydrogen-bond donors (Lipinski definition) is 1. The van der Waals surface area contributed by atoms with E-state index in [4.69, 9.17) is 9.47 Å². The van der Waals surface area contributed by atoms with Crippen LogP contribution in [0.15, 0.2) is 30.3 Å². The standard InChI is InChI=1S/C21H32N2O4.ClH/c1-6-26-19(24)17-14-23(20(25)27-21(3,4)5)13-12-18(17)22-15(2)16-10-8-7-9-11-16;/h7-11,15,17-18,22H,6,12-14H2,1-5H3;1H/t15-,17-,18-;/m1./s1. The third kappa shape index (κ3) is 6.99. The molecule has 1 amide bonds. The van der Waals surface area contributed by atoms with E-state index in [9.17, 15) is 9.59 Å². The van der Waals surface area contributed by atoms with Crippen LogP contribution in [0.2, 0.25) is 0 Å². The van der Waals surface area contributed by atoms with Gasteiger partial charge in [0, 0.05) is 25.1 Å². The van der Waals surface area contributed by atoms with E-state index in [0.717, 1.165) is 6.42 Å². The molecule has 0 radical (unpaired) electrons. The lowest BCUT2D eigenvalue weighted by Gasteiger charge is -2.37. The number of carbonyl (C=O) groups is 2. The number of benzene rings is 1. The molecule has 0 bridgehead atoms. The monoisotopic (exact) mass is 412 g/mol. The van der Waals surface area contributed by atoms with E-state index in [1.165, 1.54) is 5.56 Å². The van der Waals surface area contributed by atoms with Crippen LogP contribution < -0.4 is 17.7 Å². The molecule has 0 aromatic heterocycles. The second-order valence-electron chi connectivity index (χ2n) is 8.13. The van der Waals surface area contributed by atoms with Gasteiger partial charge >= 0.3 is 12.1 Å². The van der Waals surface area contributed by atoms with Gasteiger partial charge in [-0.25, -0.2) is 4.79 Å². The van der Waals surface area contributed by atoms with Crippen molar-refractivity contribution in [3.05, 3.63) is 35.9 Å². The predicted octanol–water partition coefficient (Wildman–Crippen LogP) is -0.496. The molecule has 158 valence electrons. The van der Waals surface area contributed by atoms with Gasteiger partial charge in [-0.3, -0.25) is 4.79 Å². The zero-order valence-corrected chi connectivity index (χ0v) is 18.2. The molecule has 0 saturated carbocycles. The van der Waals surface area contributed by atoms with Gasteiger partial charge < -0.3 is 32.1 Å². The van der Waals surface area contributed by atoms with Gasteiger partial charge in [0.1, 0.15) is 23.6 Å². The van der Waals surface area contributed by atoms with Gasteiger partial charge in [-0.15, -0.1) is 0 Å². The van der Waals surface area contributed by atoms with Crippen molar-refractivity contribution in [3.8, 4) is 0 Å². The van der Waals surface area contributed by atoms with Crippen molar-refractivity contribution in [2.24, 2.45) is 5.92 Å². The van der Waals surface area contributed by atoms with Crippen molar-refractivity contribution in [2.45, 2.75) is 58.7 Å². The molecular weight excluding hydrogens is 380 g/mol. The summed E-state index contributed by atoms with van der Waals surface area (Å²) in [7, 11) is 0. The van der Waals surface area contributed by atoms with Crippen LogP contribution in [0.1, 0.15) is 52.6 Å². The first-order chi connectivity index (χ1) is 12.7. The zero-order chi connectivity index (χ0) is 20.0. The molecule has 0 unspecified atom stereocenters. The lowest BCUT2D eigenvalue weighted by atomic mass is 9.91. The predicted molar refractivity (Wildman–Crippen MR) is 103 cm³/mol. The second-order valence-corrected chi connectivity index (χ2v) is 8.13. The molecule has 0 aliphatic carbocycles. The lowest BCUT2D eigenvalue weighted by molar-refractivity contribution is -0.731. The van der Waals surface area contributed by atoms with Crippen molar-refractivity contribution in [1.29, 1.82) is 0 Å². The maximum Gasteiger partial charge on any atom is 0.410 e. The molecule has 6 nitrogen and oxygen atoms in total. The Balaban J connectivity index is 0.00000392. The first-order valence-corrected chi connectivity index (χ1v) is 9.75. The Kier molecular flexibility index (Phi) is 9.24. The first kappa shape index (κ1) is 24.2. The molecule has 28 heavy (non-hydrogen) atoms. The lowest BCUT2D eigenvalue weighted by Crippen LogP contribution is -3.00. The molecule has 1 saturated heterocycles. The molecule has 1 heterocycles. The SMILES string of the molecule is CCOC(=O)[C@@H]1CN(C(=O)OC(C)(C)C)CC[C@H]1[NH2+][C@H](C)c1ccccc1.[Cl-].